The molecule has 36 heavy (non-hydrogen) atoms. The van der Waals surface area contributed by atoms with E-state index in [2.05, 4.69) is 20.8 Å². The van der Waals surface area contributed by atoms with Crippen LogP contribution in [0.25, 0.3) is 5.69 Å². The van der Waals surface area contributed by atoms with Crippen molar-refractivity contribution in [1.29, 1.82) is 0 Å². The average molecular weight is 522 g/mol. The van der Waals surface area contributed by atoms with E-state index in [1.54, 1.807) is 48.5 Å². The van der Waals surface area contributed by atoms with Gasteiger partial charge in [-0.2, -0.15) is 0 Å². The molecule has 2 N–H and O–H groups in total. The maximum absolute atomic E-state index is 12.5. The molecule has 0 aliphatic carbocycles. The van der Waals surface area contributed by atoms with Gasteiger partial charge in [0.25, 0.3) is 0 Å². The topological polar surface area (TPSA) is 98.1 Å². The van der Waals surface area contributed by atoms with E-state index in [1.165, 1.54) is 18.7 Å². The van der Waals surface area contributed by atoms with Crippen LogP contribution in [0.3, 0.4) is 0 Å². The van der Waals surface area contributed by atoms with Gasteiger partial charge in [-0.15, -0.1) is 10.2 Å². The first kappa shape index (κ1) is 25.3. The summed E-state index contributed by atoms with van der Waals surface area (Å²) in [6, 6.07) is 23.9. The Balaban J connectivity index is 1.39. The van der Waals surface area contributed by atoms with Crippen LogP contribution < -0.4 is 15.4 Å². The summed E-state index contributed by atoms with van der Waals surface area (Å²) >= 11 is 7.39. The van der Waals surface area contributed by atoms with E-state index in [1.807, 2.05) is 34.9 Å². The monoisotopic (exact) mass is 521 g/mol. The van der Waals surface area contributed by atoms with Crippen LogP contribution in [0.2, 0.25) is 5.02 Å². The van der Waals surface area contributed by atoms with Gasteiger partial charge in [0.1, 0.15) is 12.4 Å². The van der Waals surface area contributed by atoms with Crippen LogP contribution >= 0.6 is 23.4 Å². The number of nitrogens with one attached hydrogen (secondary N) is 2. The molecule has 1 aromatic heterocycles. The van der Waals surface area contributed by atoms with Crippen LogP contribution in [-0.4, -0.2) is 32.3 Å². The summed E-state index contributed by atoms with van der Waals surface area (Å²) in [6.07, 6.45) is 0.271. The van der Waals surface area contributed by atoms with Gasteiger partial charge in [0.2, 0.25) is 11.8 Å². The number of amides is 2. The third-order valence-electron chi connectivity index (χ3n) is 4.92. The van der Waals surface area contributed by atoms with Crippen molar-refractivity contribution in [3.05, 3.63) is 89.7 Å². The molecular weight excluding hydrogens is 498 g/mol. The molecule has 0 radical (unpaired) electrons. The minimum atomic E-state index is -0.171. The van der Waals surface area contributed by atoms with Crippen LogP contribution in [0, 0.1) is 0 Å². The number of anilines is 2. The number of ether oxygens (including phenoxy) is 1. The lowest BCUT2D eigenvalue weighted by Crippen LogP contribution is -2.13. The Morgan fingerprint density at radius 1 is 0.944 bits per heavy atom. The fourth-order valence-corrected chi connectivity index (χ4v) is 4.37. The second-order valence-corrected chi connectivity index (χ2v) is 9.22. The van der Waals surface area contributed by atoms with E-state index in [4.69, 9.17) is 16.3 Å². The van der Waals surface area contributed by atoms with Crippen molar-refractivity contribution in [2.24, 2.45) is 0 Å². The molecule has 8 nitrogen and oxygen atoms in total. The van der Waals surface area contributed by atoms with Gasteiger partial charge in [-0.3, -0.25) is 14.2 Å². The molecule has 4 rings (SSSR count). The average Bonchev–Trinajstić information content (AvgIpc) is 3.26. The third-order valence-corrected chi connectivity index (χ3v) is 6.11. The molecule has 10 heteroatoms. The minimum Gasteiger partial charge on any atom is -0.486 e. The standard InChI is InChI=1S/C26H24ClN5O3S/c1-18(33)28-20-6-5-7-21(16-20)29-25(34)14-15-36-26-31-30-24(32(26)22-8-3-2-4-9-22)17-35-23-12-10-19(27)11-13-23/h2-13,16H,14-15,17H2,1H3,(H,28,33)(H,29,34). The number of para-hydroxylation sites is 1. The molecule has 3 aromatic carbocycles. The minimum absolute atomic E-state index is 0.139. The van der Waals surface area contributed by atoms with Gasteiger partial charge in [0, 0.05) is 41.2 Å². The molecule has 0 saturated carbocycles. The highest BCUT2D eigenvalue weighted by Crippen LogP contribution is 2.24. The summed E-state index contributed by atoms with van der Waals surface area (Å²) in [5.74, 6) is 1.50. The number of hydrogen-bond donors (Lipinski definition) is 2. The predicted octanol–water partition coefficient (Wildman–Crippen LogP) is 5.58. The predicted molar refractivity (Wildman–Crippen MR) is 142 cm³/mol. The quantitative estimate of drug-likeness (QED) is 0.264. The van der Waals surface area contributed by atoms with Crippen molar-refractivity contribution >= 4 is 46.6 Å². The number of rotatable bonds is 10. The van der Waals surface area contributed by atoms with Gasteiger partial charge in [0.15, 0.2) is 11.0 Å². The van der Waals surface area contributed by atoms with Crippen molar-refractivity contribution in [3.8, 4) is 11.4 Å². The molecule has 0 spiro atoms. The van der Waals surface area contributed by atoms with Gasteiger partial charge < -0.3 is 15.4 Å². The fourth-order valence-electron chi connectivity index (χ4n) is 3.34. The van der Waals surface area contributed by atoms with E-state index in [-0.39, 0.29) is 24.8 Å². The summed E-state index contributed by atoms with van der Waals surface area (Å²) < 4.78 is 7.81. The maximum atomic E-state index is 12.5. The third kappa shape index (κ3) is 7.10. The molecule has 2 amide bonds. The Kier molecular flexibility index (Phi) is 8.59. The summed E-state index contributed by atoms with van der Waals surface area (Å²) in [6.45, 7) is 1.65. The Hall–Kier alpha value is -3.82. The van der Waals surface area contributed by atoms with Crippen LogP contribution in [-0.2, 0) is 16.2 Å². The summed E-state index contributed by atoms with van der Waals surface area (Å²) in [4.78, 5) is 23.7. The van der Waals surface area contributed by atoms with E-state index in [0.717, 1.165) is 5.69 Å². The number of carbonyl (C=O) groups excluding carboxylic acids is 2. The second kappa shape index (κ2) is 12.2. The largest absolute Gasteiger partial charge is 0.486 e. The Morgan fingerprint density at radius 3 is 2.39 bits per heavy atom. The first-order chi connectivity index (χ1) is 17.5. The van der Waals surface area contributed by atoms with Crippen molar-refractivity contribution in [2.75, 3.05) is 16.4 Å². The number of benzene rings is 3. The van der Waals surface area contributed by atoms with Crippen molar-refractivity contribution in [1.82, 2.24) is 14.8 Å². The van der Waals surface area contributed by atoms with Crippen molar-refractivity contribution < 1.29 is 14.3 Å². The normalized spacial score (nSPS) is 10.6. The highest BCUT2D eigenvalue weighted by atomic mass is 35.5. The molecule has 0 aliphatic heterocycles. The number of thioether (sulfide) groups is 1. The SMILES string of the molecule is CC(=O)Nc1cccc(NC(=O)CCSc2nnc(COc3ccc(Cl)cc3)n2-c2ccccc2)c1. The zero-order valence-electron chi connectivity index (χ0n) is 19.5. The summed E-state index contributed by atoms with van der Waals surface area (Å²) in [5, 5.41) is 15.5. The van der Waals surface area contributed by atoms with Crippen molar-refractivity contribution in [3.63, 3.8) is 0 Å². The van der Waals surface area contributed by atoms with E-state index >= 15 is 0 Å². The first-order valence-electron chi connectivity index (χ1n) is 11.2. The molecule has 4 aromatic rings. The molecule has 0 unspecified atom stereocenters. The van der Waals surface area contributed by atoms with Gasteiger partial charge in [-0.1, -0.05) is 47.6 Å². The molecule has 0 saturated heterocycles. The van der Waals surface area contributed by atoms with Gasteiger partial charge in [-0.25, -0.2) is 0 Å². The number of nitrogens with zero attached hydrogens (tertiary/aromatic N) is 3. The summed E-state index contributed by atoms with van der Waals surface area (Å²) in [7, 11) is 0. The van der Waals surface area contributed by atoms with Crippen molar-refractivity contribution in [2.45, 2.75) is 25.1 Å². The van der Waals surface area contributed by atoms with E-state index in [0.29, 0.717) is 38.9 Å². The molecule has 0 bridgehead atoms. The van der Waals surface area contributed by atoms with E-state index in [9.17, 15) is 9.59 Å². The maximum Gasteiger partial charge on any atom is 0.225 e. The van der Waals surface area contributed by atoms with Crippen LogP contribution in [0.1, 0.15) is 19.2 Å². The zero-order chi connectivity index (χ0) is 25.3. The Labute approximate surface area is 218 Å². The lowest BCUT2D eigenvalue weighted by molar-refractivity contribution is -0.116. The smallest absolute Gasteiger partial charge is 0.225 e. The first-order valence-corrected chi connectivity index (χ1v) is 12.5. The molecule has 1 heterocycles. The van der Waals surface area contributed by atoms with Gasteiger partial charge in [0.05, 0.1) is 0 Å². The second-order valence-electron chi connectivity index (χ2n) is 7.72. The van der Waals surface area contributed by atoms with Gasteiger partial charge >= 0.3 is 0 Å². The Morgan fingerprint density at radius 2 is 1.67 bits per heavy atom. The number of aromatic nitrogens is 3. The molecule has 0 fully saturated rings. The Bertz CT molecular complexity index is 1330. The molecular formula is C26H24ClN5O3S. The number of carbonyl (C=O) groups is 2. The highest BCUT2D eigenvalue weighted by Gasteiger charge is 2.16. The summed E-state index contributed by atoms with van der Waals surface area (Å²) in [5.41, 5.74) is 2.14. The molecule has 184 valence electrons. The van der Waals surface area contributed by atoms with E-state index < -0.39 is 0 Å². The highest BCUT2D eigenvalue weighted by molar-refractivity contribution is 7.99. The zero-order valence-corrected chi connectivity index (χ0v) is 21.1. The molecule has 0 atom stereocenters. The van der Waals surface area contributed by atoms with Crippen LogP contribution in [0.5, 0.6) is 5.75 Å². The van der Waals surface area contributed by atoms with Crippen LogP contribution in [0.4, 0.5) is 11.4 Å². The fraction of sp³-hybridized carbons (Fsp3) is 0.154. The number of halogens is 1. The van der Waals surface area contributed by atoms with Crippen LogP contribution in [0.15, 0.2) is 84.0 Å². The molecule has 0 aliphatic rings. The lowest BCUT2D eigenvalue weighted by atomic mass is 10.2. The number of hydrogen-bond acceptors (Lipinski definition) is 6. The lowest BCUT2D eigenvalue weighted by Gasteiger charge is -2.11. The van der Waals surface area contributed by atoms with Gasteiger partial charge in [-0.05, 0) is 54.6 Å².